The van der Waals surface area contributed by atoms with E-state index >= 15 is 0 Å². The SMILES string of the molecule is Cc1ccc(C(CC(=O)O)c2ccc3c(c2C)N=NC(C)C3C)cc1CN1CCOc2ccccc2S1(=O)=O. The number of fused-ring (bicyclic) bond motifs is 2. The van der Waals surface area contributed by atoms with Crippen molar-refractivity contribution in [3.63, 3.8) is 0 Å². The van der Waals surface area contributed by atoms with Crippen LogP contribution in [0.4, 0.5) is 5.69 Å². The van der Waals surface area contributed by atoms with Gasteiger partial charge in [-0.15, -0.1) is 0 Å². The number of sulfonamides is 1. The van der Waals surface area contributed by atoms with Crippen LogP contribution < -0.4 is 4.74 Å². The molecule has 9 heteroatoms. The third-order valence-corrected chi connectivity index (χ3v) is 9.88. The lowest BCUT2D eigenvalue weighted by molar-refractivity contribution is -0.137. The number of rotatable bonds is 6. The number of ether oxygens (including phenoxy) is 1. The summed E-state index contributed by atoms with van der Waals surface area (Å²) in [6, 6.07) is 16.6. The van der Waals surface area contributed by atoms with Gasteiger partial charge in [-0.25, -0.2) is 8.42 Å². The first-order chi connectivity index (χ1) is 18.6. The molecule has 1 N–H and O–H groups in total. The Hall–Kier alpha value is -3.56. The van der Waals surface area contributed by atoms with E-state index in [1.807, 2.05) is 51.1 Å². The number of benzene rings is 3. The highest BCUT2D eigenvalue weighted by Crippen LogP contribution is 2.42. The Morgan fingerprint density at radius 3 is 2.67 bits per heavy atom. The molecule has 0 amide bonds. The predicted octanol–water partition coefficient (Wildman–Crippen LogP) is 6.08. The Morgan fingerprint density at radius 2 is 1.90 bits per heavy atom. The van der Waals surface area contributed by atoms with Crippen molar-refractivity contribution in [3.05, 3.63) is 88.0 Å². The third kappa shape index (κ3) is 5.08. The van der Waals surface area contributed by atoms with Gasteiger partial charge in [0.2, 0.25) is 10.0 Å². The number of aliphatic carboxylic acids is 1. The molecular weight excluding hydrogens is 514 g/mol. The van der Waals surface area contributed by atoms with Crippen LogP contribution in [0.15, 0.2) is 69.7 Å². The van der Waals surface area contributed by atoms with Gasteiger partial charge in [0, 0.05) is 24.9 Å². The fourth-order valence-corrected chi connectivity index (χ4v) is 6.97. The predicted molar refractivity (Wildman–Crippen MR) is 148 cm³/mol. The van der Waals surface area contributed by atoms with Crippen molar-refractivity contribution >= 4 is 21.7 Å². The van der Waals surface area contributed by atoms with Crippen molar-refractivity contribution in [3.8, 4) is 5.75 Å². The van der Waals surface area contributed by atoms with Crippen LogP contribution in [0.3, 0.4) is 0 Å². The van der Waals surface area contributed by atoms with Crippen molar-refractivity contribution in [2.45, 2.75) is 63.4 Å². The first-order valence-corrected chi connectivity index (χ1v) is 14.6. The summed E-state index contributed by atoms with van der Waals surface area (Å²) in [5, 5.41) is 18.7. The number of carbonyl (C=O) groups is 1. The fourth-order valence-electron chi connectivity index (χ4n) is 5.44. The van der Waals surface area contributed by atoms with Crippen LogP contribution in [0.5, 0.6) is 5.75 Å². The fraction of sp³-hybridized carbons (Fsp3) is 0.367. The molecule has 0 saturated heterocycles. The van der Waals surface area contributed by atoms with Crippen LogP contribution >= 0.6 is 0 Å². The highest BCUT2D eigenvalue weighted by atomic mass is 32.2. The summed E-state index contributed by atoms with van der Waals surface area (Å²) in [6.45, 7) is 8.70. The Balaban J connectivity index is 1.53. The summed E-state index contributed by atoms with van der Waals surface area (Å²) in [6.07, 6.45) is -0.103. The summed E-state index contributed by atoms with van der Waals surface area (Å²) in [7, 11) is -3.77. The zero-order valence-corrected chi connectivity index (χ0v) is 23.4. The molecule has 3 atom stereocenters. The Morgan fingerprint density at radius 1 is 1.13 bits per heavy atom. The van der Waals surface area contributed by atoms with Gasteiger partial charge in [0.25, 0.3) is 0 Å². The molecule has 3 aromatic carbocycles. The van der Waals surface area contributed by atoms with Gasteiger partial charge in [-0.05, 0) is 66.3 Å². The van der Waals surface area contributed by atoms with Crippen LogP contribution in [0.1, 0.15) is 65.5 Å². The van der Waals surface area contributed by atoms with Gasteiger partial charge in [0.15, 0.2) is 0 Å². The van der Waals surface area contributed by atoms with Crippen molar-refractivity contribution in [2.24, 2.45) is 10.2 Å². The third-order valence-electron chi connectivity index (χ3n) is 8.00. The number of azo groups is 1. The van der Waals surface area contributed by atoms with Gasteiger partial charge in [0.1, 0.15) is 17.3 Å². The van der Waals surface area contributed by atoms with Gasteiger partial charge >= 0.3 is 5.97 Å². The van der Waals surface area contributed by atoms with Crippen LogP contribution in [0.25, 0.3) is 0 Å². The van der Waals surface area contributed by atoms with Gasteiger partial charge in [-0.2, -0.15) is 14.5 Å². The molecule has 204 valence electrons. The van der Waals surface area contributed by atoms with E-state index in [0.29, 0.717) is 5.75 Å². The number of hydrogen-bond donors (Lipinski definition) is 1. The van der Waals surface area contributed by atoms with Gasteiger partial charge in [0.05, 0.1) is 18.2 Å². The number of carboxylic acid groups (broad SMARTS) is 1. The lowest BCUT2D eigenvalue weighted by atomic mass is 9.81. The molecule has 0 fully saturated rings. The highest BCUT2D eigenvalue weighted by molar-refractivity contribution is 7.89. The van der Waals surface area contributed by atoms with Crippen molar-refractivity contribution < 1.29 is 23.1 Å². The maximum absolute atomic E-state index is 13.5. The first-order valence-electron chi connectivity index (χ1n) is 13.2. The van der Waals surface area contributed by atoms with E-state index in [1.54, 1.807) is 24.3 Å². The number of nitrogens with zero attached hydrogens (tertiary/aromatic N) is 3. The van der Waals surface area contributed by atoms with Gasteiger partial charge in [-0.3, -0.25) is 4.79 Å². The second-order valence-electron chi connectivity index (χ2n) is 10.4. The molecule has 3 unspecified atom stereocenters. The molecule has 5 rings (SSSR count). The average molecular weight is 548 g/mol. The minimum atomic E-state index is -3.77. The van der Waals surface area contributed by atoms with Crippen molar-refractivity contribution in [1.29, 1.82) is 0 Å². The van der Waals surface area contributed by atoms with E-state index < -0.39 is 21.9 Å². The topological polar surface area (TPSA) is 109 Å². The van der Waals surface area contributed by atoms with Crippen molar-refractivity contribution in [2.75, 3.05) is 13.2 Å². The Kier molecular flexibility index (Phi) is 7.31. The standard InChI is InChI=1S/C30H33N3O5S/c1-18-9-10-22(15-23(18)17-33-13-14-38-27-7-5-6-8-28(27)39(33,36)37)26(16-29(34)35)24-11-12-25-19(2)21(4)31-32-30(25)20(24)3/h5-12,15,19,21,26H,13-14,16-17H2,1-4H3,(H,34,35). The summed E-state index contributed by atoms with van der Waals surface area (Å²) in [4.78, 5) is 12.2. The van der Waals surface area contributed by atoms with E-state index in [-0.39, 0.29) is 43.0 Å². The largest absolute Gasteiger partial charge is 0.491 e. The minimum absolute atomic E-state index is 0.0878. The van der Waals surface area contributed by atoms with Gasteiger partial charge < -0.3 is 9.84 Å². The molecule has 2 aliphatic rings. The zero-order chi connectivity index (χ0) is 27.9. The molecule has 0 saturated carbocycles. The molecule has 0 bridgehead atoms. The van der Waals surface area contributed by atoms with E-state index in [9.17, 15) is 18.3 Å². The lowest BCUT2D eigenvalue weighted by Gasteiger charge is -2.27. The highest BCUT2D eigenvalue weighted by Gasteiger charge is 2.32. The molecule has 0 aromatic heterocycles. The van der Waals surface area contributed by atoms with Crippen LogP contribution in [-0.2, 0) is 21.4 Å². The maximum atomic E-state index is 13.5. The number of aryl methyl sites for hydroxylation is 1. The van der Waals surface area contributed by atoms with Crippen LogP contribution in [-0.4, -0.2) is 43.0 Å². The van der Waals surface area contributed by atoms with Gasteiger partial charge in [-0.1, -0.05) is 49.4 Å². The molecule has 0 aliphatic carbocycles. The Labute approximate surface area is 229 Å². The molecule has 2 aliphatic heterocycles. The maximum Gasteiger partial charge on any atom is 0.304 e. The number of hydrogen-bond acceptors (Lipinski definition) is 6. The summed E-state index contributed by atoms with van der Waals surface area (Å²) < 4.78 is 34.2. The number of para-hydroxylation sites is 1. The molecular formula is C30H33N3O5S. The number of carboxylic acids is 1. The van der Waals surface area contributed by atoms with Crippen molar-refractivity contribution in [1.82, 2.24) is 4.31 Å². The monoisotopic (exact) mass is 547 g/mol. The summed E-state index contributed by atoms with van der Waals surface area (Å²) >= 11 is 0. The molecule has 2 heterocycles. The minimum Gasteiger partial charge on any atom is -0.491 e. The van der Waals surface area contributed by atoms with Crippen LogP contribution in [0.2, 0.25) is 0 Å². The average Bonchev–Trinajstić information content (AvgIpc) is 3.02. The quantitative estimate of drug-likeness (QED) is 0.402. The summed E-state index contributed by atoms with van der Waals surface area (Å²) in [5.41, 5.74) is 6.31. The second-order valence-corrected chi connectivity index (χ2v) is 12.3. The van der Waals surface area contributed by atoms with E-state index in [2.05, 4.69) is 17.2 Å². The van der Waals surface area contributed by atoms with E-state index in [4.69, 9.17) is 4.74 Å². The molecule has 8 nitrogen and oxygen atoms in total. The molecule has 3 aromatic rings. The normalized spacial score (nSPS) is 20.8. The molecule has 0 radical (unpaired) electrons. The molecule has 39 heavy (non-hydrogen) atoms. The smallest absolute Gasteiger partial charge is 0.304 e. The van der Waals surface area contributed by atoms with E-state index in [0.717, 1.165) is 39.1 Å². The lowest BCUT2D eigenvalue weighted by Crippen LogP contribution is -2.32. The second kappa shape index (κ2) is 10.5. The van der Waals surface area contributed by atoms with E-state index in [1.165, 1.54) is 4.31 Å². The first kappa shape index (κ1) is 27.0. The molecule has 0 spiro atoms. The summed E-state index contributed by atoms with van der Waals surface area (Å²) in [5.74, 6) is -0.761. The zero-order valence-electron chi connectivity index (χ0n) is 22.6. The van der Waals surface area contributed by atoms with Crippen LogP contribution in [0, 0.1) is 13.8 Å². The Bertz CT molecular complexity index is 1570.